The van der Waals surface area contributed by atoms with Crippen molar-refractivity contribution in [3.05, 3.63) is 70.1 Å². The number of esters is 1. The maximum Gasteiger partial charge on any atom is 0.319 e. The molecule has 1 atom stereocenters. The minimum atomic E-state index is -0.810. The van der Waals surface area contributed by atoms with Gasteiger partial charge in [-0.1, -0.05) is 24.3 Å². The zero-order chi connectivity index (χ0) is 27.1. The van der Waals surface area contributed by atoms with Crippen LogP contribution in [0.25, 0.3) is 11.1 Å². The molecule has 37 heavy (non-hydrogen) atoms. The third-order valence-electron chi connectivity index (χ3n) is 5.76. The first-order valence-corrected chi connectivity index (χ1v) is 11.6. The van der Waals surface area contributed by atoms with Crippen molar-refractivity contribution in [3.63, 3.8) is 0 Å². The van der Waals surface area contributed by atoms with E-state index in [1.165, 1.54) is 17.8 Å². The summed E-state index contributed by atoms with van der Waals surface area (Å²) in [5.74, 6) is 0.345. The summed E-state index contributed by atoms with van der Waals surface area (Å²) in [7, 11) is 4.63. The van der Waals surface area contributed by atoms with Crippen LogP contribution in [0, 0.1) is 6.92 Å². The molecule has 0 spiro atoms. The van der Waals surface area contributed by atoms with Gasteiger partial charge in [-0.15, -0.1) is 0 Å². The number of carbonyl (C=O) groups excluding carboxylic acids is 2. The number of hydrogen-bond acceptors (Lipinski definition) is 7. The number of benzene rings is 2. The van der Waals surface area contributed by atoms with Gasteiger partial charge in [0.15, 0.2) is 5.69 Å². The Morgan fingerprint density at radius 3 is 2.35 bits per heavy atom. The molecule has 3 N–H and O–H groups in total. The Morgan fingerprint density at radius 1 is 1.08 bits per heavy atom. The first-order valence-electron chi connectivity index (χ1n) is 11.6. The van der Waals surface area contributed by atoms with Crippen molar-refractivity contribution in [2.24, 2.45) is 7.05 Å². The topological polar surface area (TPSA) is 128 Å². The van der Waals surface area contributed by atoms with Crippen LogP contribution in [0.15, 0.2) is 53.5 Å². The van der Waals surface area contributed by atoms with Gasteiger partial charge >= 0.3 is 12.0 Å². The van der Waals surface area contributed by atoms with Gasteiger partial charge in [-0.2, -0.15) is 0 Å². The number of hydrogen-bond donors (Lipinski definition) is 3. The van der Waals surface area contributed by atoms with Crippen LogP contribution < -0.4 is 25.7 Å². The highest BCUT2D eigenvalue weighted by Crippen LogP contribution is 2.39. The summed E-state index contributed by atoms with van der Waals surface area (Å²) in [6, 6.07) is 11.1. The van der Waals surface area contributed by atoms with Crippen molar-refractivity contribution >= 4 is 17.7 Å². The van der Waals surface area contributed by atoms with Crippen LogP contribution in [-0.4, -0.2) is 42.5 Å². The number of ether oxygens (including phenoxy) is 3. The molecule has 0 aliphatic carbocycles. The van der Waals surface area contributed by atoms with Gasteiger partial charge in [0.05, 0.1) is 38.9 Å². The summed E-state index contributed by atoms with van der Waals surface area (Å²) in [5.41, 5.74) is 1.64. The molecule has 10 heteroatoms. The second-order valence-electron chi connectivity index (χ2n) is 8.27. The minimum absolute atomic E-state index is 0.161. The van der Waals surface area contributed by atoms with E-state index in [0.717, 1.165) is 5.56 Å². The van der Waals surface area contributed by atoms with E-state index < -0.39 is 23.6 Å². The molecular formula is C27H31N3O7. The molecule has 0 saturated carbocycles. The second kappa shape index (κ2) is 12.0. The number of carbonyl (C=O) groups is 2. The lowest BCUT2D eigenvalue weighted by atomic mass is 9.96. The first kappa shape index (κ1) is 27.1. The number of aryl methyl sites for hydroxylation is 2. The third kappa shape index (κ3) is 6.21. The zero-order valence-electron chi connectivity index (χ0n) is 21.5. The molecular weight excluding hydrogens is 478 g/mol. The van der Waals surface area contributed by atoms with E-state index in [2.05, 4.69) is 10.6 Å². The molecule has 10 nitrogen and oxygen atoms in total. The van der Waals surface area contributed by atoms with E-state index in [1.54, 1.807) is 52.3 Å². The highest BCUT2D eigenvalue weighted by molar-refractivity contribution is 5.91. The van der Waals surface area contributed by atoms with Crippen molar-refractivity contribution in [2.45, 2.75) is 26.3 Å². The van der Waals surface area contributed by atoms with Crippen LogP contribution in [0.2, 0.25) is 0 Å². The molecule has 196 valence electrons. The monoisotopic (exact) mass is 509 g/mol. The first-order chi connectivity index (χ1) is 17.7. The van der Waals surface area contributed by atoms with E-state index in [0.29, 0.717) is 28.2 Å². The SMILES string of the molecule is CCOC(=O)C[C@H](NC(=O)Nc1c(O)c(C)cn(C)c1=O)c1cccc(-c2c(OC)cccc2OC)c1. The lowest BCUT2D eigenvalue weighted by Gasteiger charge is -2.21. The Balaban J connectivity index is 1.98. The maximum absolute atomic E-state index is 12.9. The molecule has 2 amide bonds. The molecule has 2 aromatic carbocycles. The molecule has 0 bridgehead atoms. The van der Waals surface area contributed by atoms with Gasteiger partial charge in [0, 0.05) is 18.8 Å². The number of aromatic hydroxyl groups is 1. The molecule has 0 unspecified atom stereocenters. The van der Waals surface area contributed by atoms with Crippen LogP contribution in [0.3, 0.4) is 0 Å². The van der Waals surface area contributed by atoms with E-state index in [-0.39, 0.29) is 24.5 Å². The van der Waals surface area contributed by atoms with Crippen LogP contribution in [0.1, 0.15) is 30.5 Å². The third-order valence-corrected chi connectivity index (χ3v) is 5.76. The summed E-state index contributed by atoms with van der Waals surface area (Å²) in [5, 5.41) is 15.5. The zero-order valence-corrected chi connectivity index (χ0v) is 21.5. The Hall–Kier alpha value is -4.47. The Kier molecular flexibility index (Phi) is 8.78. The standard InChI is InChI=1S/C27H31N3O7/c1-6-37-22(31)14-19(28-27(34)29-24-25(32)16(2)15-30(3)26(24)33)17-9-7-10-18(13-17)23-20(35-4)11-8-12-21(23)36-5/h7-13,15,19,32H,6,14H2,1-5H3,(H2,28,29,34)/t19-/m0/s1. The van der Waals surface area contributed by atoms with E-state index in [9.17, 15) is 19.5 Å². The van der Waals surface area contributed by atoms with E-state index >= 15 is 0 Å². The lowest BCUT2D eigenvalue weighted by molar-refractivity contribution is -0.143. The number of aromatic nitrogens is 1. The average molecular weight is 510 g/mol. The maximum atomic E-state index is 12.9. The van der Waals surface area contributed by atoms with Gasteiger partial charge in [0.2, 0.25) is 0 Å². The molecule has 0 aliphatic rings. The molecule has 1 aromatic heterocycles. The van der Waals surface area contributed by atoms with Crippen molar-refractivity contribution in [1.82, 2.24) is 9.88 Å². The minimum Gasteiger partial charge on any atom is -0.505 e. The van der Waals surface area contributed by atoms with E-state index in [1.807, 2.05) is 18.2 Å². The van der Waals surface area contributed by atoms with E-state index in [4.69, 9.17) is 14.2 Å². The number of rotatable bonds is 9. The van der Waals surface area contributed by atoms with Gasteiger partial charge in [0.25, 0.3) is 5.56 Å². The number of pyridine rings is 1. The molecule has 0 fully saturated rings. The predicted octanol–water partition coefficient (Wildman–Crippen LogP) is 3.90. The Bertz CT molecular complexity index is 1330. The average Bonchev–Trinajstić information content (AvgIpc) is 2.89. The fourth-order valence-electron chi connectivity index (χ4n) is 3.99. The van der Waals surface area contributed by atoms with Gasteiger partial charge in [-0.05, 0) is 43.2 Å². The van der Waals surface area contributed by atoms with Crippen molar-refractivity contribution in [2.75, 3.05) is 26.1 Å². The summed E-state index contributed by atoms with van der Waals surface area (Å²) in [4.78, 5) is 37.8. The molecule has 3 rings (SSSR count). The second-order valence-corrected chi connectivity index (χ2v) is 8.27. The fourth-order valence-corrected chi connectivity index (χ4v) is 3.99. The number of amides is 2. The quantitative estimate of drug-likeness (QED) is 0.373. The number of anilines is 1. The normalized spacial score (nSPS) is 11.4. The smallest absolute Gasteiger partial charge is 0.319 e. The lowest BCUT2D eigenvalue weighted by Crippen LogP contribution is -2.36. The largest absolute Gasteiger partial charge is 0.505 e. The van der Waals surface area contributed by atoms with Gasteiger partial charge in [0.1, 0.15) is 17.2 Å². The molecule has 0 saturated heterocycles. The van der Waals surface area contributed by atoms with Crippen LogP contribution in [0.4, 0.5) is 10.5 Å². The van der Waals surface area contributed by atoms with Crippen LogP contribution in [-0.2, 0) is 16.6 Å². The molecule has 1 heterocycles. The van der Waals surface area contributed by atoms with Crippen molar-refractivity contribution in [1.29, 1.82) is 0 Å². The highest BCUT2D eigenvalue weighted by atomic mass is 16.5. The highest BCUT2D eigenvalue weighted by Gasteiger charge is 2.23. The van der Waals surface area contributed by atoms with Gasteiger partial charge in [-0.25, -0.2) is 4.79 Å². The fraction of sp³-hybridized carbons (Fsp3) is 0.296. The summed E-state index contributed by atoms with van der Waals surface area (Å²) >= 11 is 0. The Labute approximate surface area is 214 Å². The molecule has 3 aromatic rings. The van der Waals surface area contributed by atoms with Crippen molar-refractivity contribution in [3.8, 4) is 28.4 Å². The Morgan fingerprint density at radius 2 is 1.73 bits per heavy atom. The number of nitrogens with zero attached hydrogens (tertiary/aromatic N) is 1. The molecule has 0 aliphatic heterocycles. The summed E-state index contributed by atoms with van der Waals surface area (Å²) in [6.07, 6.45) is 1.30. The van der Waals surface area contributed by atoms with Gasteiger partial charge < -0.3 is 34.5 Å². The van der Waals surface area contributed by atoms with Crippen LogP contribution >= 0.6 is 0 Å². The summed E-state index contributed by atoms with van der Waals surface area (Å²) in [6.45, 7) is 3.49. The number of urea groups is 1. The van der Waals surface area contributed by atoms with Crippen molar-refractivity contribution < 1.29 is 28.9 Å². The summed E-state index contributed by atoms with van der Waals surface area (Å²) < 4.78 is 17.4. The van der Waals surface area contributed by atoms with Gasteiger partial charge in [-0.3, -0.25) is 9.59 Å². The molecule has 0 radical (unpaired) electrons. The predicted molar refractivity (Wildman–Crippen MR) is 139 cm³/mol. The number of nitrogens with one attached hydrogen (secondary N) is 2. The van der Waals surface area contributed by atoms with Crippen LogP contribution in [0.5, 0.6) is 17.2 Å². The number of methoxy groups -OCH3 is 2.